The van der Waals surface area contributed by atoms with Crippen LogP contribution in [-0.4, -0.2) is 61.6 Å². The number of hydrogen-bond donors (Lipinski definition) is 1. The number of carbonyl (C=O) groups is 1. The predicted molar refractivity (Wildman–Crippen MR) is 109 cm³/mol. The normalized spacial score (nSPS) is 16.8. The Morgan fingerprint density at radius 1 is 0.966 bits per heavy atom. The van der Waals surface area contributed by atoms with Crippen LogP contribution in [0.3, 0.4) is 0 Å². The molecule has 0 aromatic heterocycles. The fourth-order valence-corrected chi connectivity index (χ4v) is 3.57. The monoisotopic (exact) mass is 392 g/mol. The molecule has 2 aliphatic rings. The first-order valence-corrected chi connectivity index (χ1v) is 9.83. The molecule has 0 unspecified atom stereocenters. The van der Waals surface area contributed by atoms with Crippen LogP contribution < -0.4 is 14.8 Å². The van der Waals surface area contributed by atoms with Crippen LogP contribution in [0.15, 0.2) is 42.5 Å². The van der Waals surface area contributed by atoms with E-state index in [1.165, 1.54) is 5.56 Å². The smallest absolute Gasteiger partial charge is 0.238 e. The molecule has 7 nitrogen and oxygen atoms in total. The molecule has 0 atom stereocenters. The summed E-state index contributed by atoms with van der Waals surface area (Å²) >= 11 is 0. The minimum atomic E-state index is -0.0257. The molecule has 1 amide bonds. The molecule has 0 spiro atoms. The molecular weight excluding hydrogens is 368 g/mol. The van der Waals surface area contributed by atoms with Gasteiger partial charge in [0.25, 0.3) is 0 Å². The minimum absolute atomic E-state index is 0.0257. The third-order valence-corrected chi connectivity index (χ3v) is 5.15. The van der Waals surface area contributed by atoms with Crippen molar-refractivity contribution in [3.8, 4) is 17.6 Å². The van der Waals surface area contributed by atoms with Crippen molar-refractivity contribution in [3.63, 3.8) is 0 Å². The Kier molecular flexibility index (Phi) is 5.94. The van der Waals surface area contributed by atoms with Crippen molar-refractivity contribution >= 4 is 11.6 Å². The van der Waals surface area contributed by atoms with E-state index in [2.05, 4.69) is 21.2 Å². The van der Waals surface area contributed by atoms with Crippen LogP contribution in [0.25, 0.3) is 0 Å². The third-order valence-electron chi connectivity index (χ3n) is 5.15. The SMILES string of the molecule is N#Cc1ccc(CN2CCN(CC(=O)Nc3ccc4c(c3)OCCO4)CC2)cc1. The standard InChI is InChI=1S/C22H24N4O3/c23-14-17-1-3-18(4-2-17)15-25-7-9-26(10-8-25)16-22(27)24-19-5-6-20-21(13-19)29-12-11-28-20/h1-6,13H,7-12,15-16H2,(H,24,27). The van der Waals surface area contributed by atoms with Gasteiger partial charge in [-0.1, -0.05) is 12.1 Å². The molecule has 2 aliphatic heterocycles. The maximum atomic E-state index is 12.4. The topological polar surface area (TPSA) is 77.8 Å². The summed E-state index contributed by atoms with van der Waals surface area (Å²) in [5.74, 6) is 1.36. The number of rotatable bonds is 5. The van der Waals surface area contributed by atoms with Crippen molar-refractivity contribution in [2.75, 3.05) is 51.3 Å². The highest BCUT2D eigenvalue weighted by atomic mass is 16.6. The van der Waals surface area contributed by atoms with E-state index in [1.54, 1.807) is 0 Å². The summed E-state index contributed by atoms with van der Waals surface area (Å²) in [6, 6.07) is 15.3. The zero-order valence-electron chi connectivity index (χ0n) is 16.3. The molecule has 0 aliphatic carbocycles. The average Bonchev–Trinajstić information content (AvgIpc) is 2.75. The molecule has 2 aromatic rings. The molecule has 1 fully saturated rings. The van der Waals surface area contributed by atoms with Crippen molar-refractivity contribution in [2.45, 2.75) is 6.54 Å². The van der Waals surface area contributed by atoms with E-state index in [1.807, 2.05) is 42.5 Å². The Bertz CT molecular complexity index is 899. The number of benzene rings is 2. The van der Waals surface area contributed by atoms with Crippen LogP contribution in [0, 0.1) is 11.3 Å². The lowest BCUT2D eigenvalue weighted by Gasteiger charge is -2.34. The van der Waals surface area contributed by atoms with Gasteiger partial charge in [-0.25, -0.2) is 0 Å². The molecule has 2 heterocycles. The first-order chi connectivity index (χ1) is 14.2. The number of fused-ring (bicyclic) bond motifs is 1. The van der Waals surface area contributed by atoms with E-state index in [0.29, 0.717) is 36.8 Å². The van der Waals surface area contributed by atoms with E-state index in [-0.39, 0.29) is 5.91 Å². The maximum Gasteiger partial charge on any atom is 0.238 e. The number of ether oxygens (including phenoxy) is 2. The zero-order chi connectivity index (χ0) is 20.1. The van der Waals surface area contributed by atoms with Crippen LogP contribution in [0.5, 0.6) is 11.5 Å². The van der Waals surface area contributed by atoms with Crippen molar-refractivity contribution in [1.29, 1.82) is 5.26 Å². The first-order valence-electron chi connectivity index (χ1n) is 9.83. The summed E-state index contributed by atoms with van der Waals surface area (Å²) in [6.07, 6.45) is 0. The number of amides is 1. The Morgan fingerprint density at radius 2 is 1.66 bits per heavy atom. The Morgan fingerprint density at radius 3 is 2.38 bits per heavy atom. The molecule has 0 radical (unpaired) electrons. The lowest BCUT2D eigenvalue weighted by atomic mass is 10.1. The number of piperazine rings is 1. The molecule has 29 heavy (non-hydrogen) atoms. The molecule has 2 aromatic carbocycles. The van der Waals surface area contributed by atoms with Gasteiger partial charge in [0.1, 0.15) is 13.2 Å². The number of anilines is 1. The second kappa shape index (κ2) is 8.95. The Balaban J connectivity index is 1.23. The van der Waals surface area contributed by atoms with E-state index in [9.17, 15) is 4.79 Å². The molecule has 150 valence electrons. The van der Waals surface area contributed by atoms with Crippen molar-refractivity contribution in [3.05, 3.63) is 53.6 Å². The Hall–Kier alpha value is -3.08. The summed E-state index contributed by atoms with van der Waals surface area (Å²) in [7, 11) is 0. The summed E-state index contributed by atoms with van der Waals surface area (Å²) < 4.78 is 11.1. The van der Waals surface area contributed by atoms with Crippen LogP contribution in [-0.2, 0) is 11.3 Å². The molecular formula is C22H24N4O3. The van der Waals surface area contributed by atoms with Crippen molar-refractivity contribution in [1.82, 2.24) is 9.80 Å². The summed E-state index contributed by atoms with van der Waals surface area (Å²) in [6.45, 7) is 5.85. The molecule has 0 bridgehead atoms. The average molecular weight is 392 g/mol. The molecule has 0 saturated carbocycles. The van der Waals surface area contributed by atoms with Gasteiger partial charge in [0.15, 0.2) is 11.5 Å². The summed E-state index contributed by atoms with van der Waals surface area (Å²) in [5.41, 5.74) is 2.61. The quantitative estimate of drug-likeness (QED) is 0.840. The van der Waals surface area contributed by atoms with Gasteiger partial charge in [-0.3, -0.25) is 14.6 Å². The van der Waals surface area contributed by atoms with Gasteiger partial charge in [0.05, 0.1) is 18.2 Å². The maximum absolute atomic E-state index is 12.4. The fraction of sp³-hybridized carbons (Fsp3) is 0.364. The molecule has 4 rings (SSSR count). The second-order valence-corrected chi connectivity index (χ2v) is 7.27. The third kappa shape index (κ3) is 5.05. The van der Waals surface area contributed by atoms with E-state index >= 15 is 0 Å². The number of nitriles is 1. The number of hydrogen-bond acceptors (Lipinski definition) is 6. The number of carbonyl (C=O) groups excluding carboxylic acids is 1. The number of nitrogens with zero attached hydrogens (tertiary/aromatic N) is 3. The molecule has 1 saturated heterocycles. The van der Waals surface area contributed by atoms with Crippen molar-refractivity contribution in [2.24, 2.45) is 0 Å². The fourth-order valence-electron chi connectivity index (χ4n) is 3.57. The highest BCUT2D eigenvalue weighted by molar-refractivity contribution is 5.92. The minimum Gasteiger partial charge on any atom is -0.486 e. The van der Waals surface area contributed by atoms with E-state index in [0.717, 1.165) is 38.4 Å². The summed E-state index contributed by atoms with van der Waals surface area (Å²) in [4.78, 5) is 17.0. The number of nitrogens with one attached hydrogen (secondary N) is 1. The van der Waals surface area contributed by atoms with Crippen LogP contribution >= 0.6 is 0 Å². The van der Waals surface area contributed by atoms with Gasteiger partial charge < -0.3 is 14.8 Å². The van der Waals surface area contributed by atoms with Gasteiger partial charge in [0.2, 0.25) is 5.91 Å². The second-order valence-electron chi connectivity index (χ2n) is 7.27. The lowest BCUT2D eigenvalue weighted by molar-refractivity contribution is -0.117. The van der Waals surface area contributed by atoms with Crippen molar-refractivity contribution < 1.29 is 14.3 Å². The van der Waals surface area contributed by atoms with Crippen LogP contribution in [0.4, 0.5) is 5.69 Å². The highest BCUT2D eigenvalue weighted by Crippen LogP contribution is 2.32. The summed E-state index contributed by atoms with van der Waals surface area (Å²) in [5, 5.41) is 11.8. The van der Waals surface area contributed by atoms with Gasteiger partial charge in [-0.15, -0.1) is 0 Å². The van der Waals surface area contributed by atoms with Gasteiger partial charge in [-0.2, -0.15) is 5.26 Å². The van der Waals surface area contributed by atoms with Gasteiger partial charge in [0, 0.05) is 44.5 Å². The molecule has 1 N–H and O–H groups in total. The zero-order valence-corrected chi connectivity index (χ0v) is 16.3. The van der Waals surface area contributed by atoms with Gasteiger partial charge in [-0.05, 0) is 29.8 Å². The first kappa shape index (κ1) is 19.2. The molecule has 7 heteroatoms. The van der Waals surface area contributed by atoms with Crippen LogP contribution in [0.1, 0.15) is 11.1 Å². The lowest BCUT2D eigenvalue weighted by Crippen LogP contribution is -2.48. The largest absolute Gasteiger partial charge is 0.486 e. The van der Waals surface area contributed by atoms with Gasteiger partial charge >= 0.3 is 0 Å². The van der Waals surface area contributed by atoms with E-state index < -0.39 is 0 Å². The highest BCUT2D eigenvalue weighted by Gasteiger charge is 2.19. The van der Waals surface area contributed by atoms with E-state index in [4.69, 9.17) is 14.7 Å². The Labute approximate surface area is 170 Å². The predicted octanol–water partition coefficient (Wildman–Crippen LogP) is 2.09. The van der Waals surface area contributed by atoms with Crippen LogP contribution in [0.2, 0.25) is 0 Å².